The molecule has 4 rings (SSSR count). The van der Waals surface area contributed by atoms with Gasteiger partial charge in [-0.15, -0.1) is 0 Å². The summed E-state index contributed by atoms with van der Waals surface area (Å²) in [6.45, 7) is 3.55. The number of hydrogen-bond acceptors (Lipinski definition) is 5. The predicted molar refractivity (Wildman–Crippen MR) is 92.3 cm³/mol. The number of aromatic amines is 1. The van der Waals surface area contributed by atoms with E-state index in [0.29, 0.717) is 11.7 Å². The fourth-order valence-corrected chi connectivity index (χ4v) is 3.48. The van der Waals surface area contributed by atoms with Crippen LogP contribution in [0, 0.1) is 0 Å². The third kappa shape index (κ3) is 3.19. The number of hydrogen-bond donors (Lipinski definition) is 1. The molecule has 0 aliphatic carbocycles. The van der Waals surface area contributed by atoms with Crippen molar-refractivity contribution in [2.24, 2.45) is 0 Å². The number of ether oxygens (including phenoxy) is 1. The zero-order chi connectivity index (χ0) is 16.4. The third-order valence-electron chi connectivity index (χ3n) is 4.81. The smallest absolute Gasteiger partial charge is 0.251 e. The first-order chi connectivity index (χ1) is 11.8. The van der Waals surface area contributed by atoms with E-state index in [0.717, 1.165) is 56.4 Å². The Hall–Kier alpha value is -2.21. The zero-order valence-electron chi connectivity index (χ0n) is 13.7. The van der Waals surface area contributed by atoms with Crippen molar-refractivity contribution in [2.45, 2.75) is 31.6 Å². The number of nitrogens with zero attached hydrogens (tertiary/aromatic N) is 3. The van der Waals surface area contributed by atoms with Crippen molar-refractivity contribution in [1.82, 2.24) is 15.0 Å². The van der Waals surface area contributed by atoms with Gasteiger partial charge < -0.3 is 14.6 Å². The maximum Gasteiger partial charge on any atom is 0.251 e. The molecular weight excluding hydrogens is 304 g/mol. The molecule has 126 valence electrons. The van der Waals surface area contributed by atoms with E-state index in [1.54, 1.807) is 6.07 Å². The summed E-state index contributed by atoms with van der Waals surface area (Å²) in [4.78, 5) is 26.7. The van der Waals surface area contributed by atoms with E-state index in [-0.39, 0.29) is 5.56 Å². The Morgan fingerprint density at radius 2 is 1.92 bits per heavy atom. The Labute approximate surface area is 140 Å². The standard InChI is InChI=1S/C18H22N4O2/c23-17-12-15(13-6-10-24-11-7-13)20-18(21-17)14-4-3-5-16(19-14)22-8-1-2-9-22/h3-5,12-13H,1-2,6-11H2,(H,20,21,23). The van der Waals surface area contributed by atoms with Crippen molar-refractivity contribution in [2.75, 3.05) is 31.2 Å². The number of rotatable bonds is 3. The van der Waals surface area contributed by atoms with Crippen LogP contribution in [0.3, 0.4) is 0 Å². The molecule has 2 aliphatic rings. The molecule has 0 unspecified atom stereocenters. The summed E-state index contributed by atoms with van der Waals surface area (Å²) in [5, 5.41) is 0. The number of aromatic nitrogens is 3. The second-order valence-corrected chi connectivity index (χ2v) is 6.48. The molecule has 0 spiro atoms. The predicted octanol–water partition coefficient (Wildman–Crippen LogP) is 2.33. The molecule has 0 aromatic carbocycles. The van der Waals surface area contributed by atoms with Gasteiger partial charge in [-0.1, -0.05) is 6.07 Å². The van der Waals surface area contributed by atoms with Gasteiger partial charge in [0.25, 0.3) is 5.56 Å². The van der Waals surface area contributed by atoms with Crippen molar-refractivity contribution < 1.29 is 4.74 Å². The van der Waals surface area contributed by atoms with Crippen LogP contribution < -0.4 is 10.5 Å². The molecule has 2 saturated heterocycles. The summed E-state index contributed by atoms with van der Waals surface area (Å²) in [7, 11) is 0. The average molecular weight is 326 g/mol. The minimum absolute atomic E-state index is 0.116. The van der Waals surface area contributed by atoms with Gasteiger partial charge in [-0.2, -0.15) is 0 Å². The first kappa shape index (κ1) is 15.3. The Kier molecular flexibility index (Phi) is 4.30. The van der Waals surface area contributed by atoms with Crippen LogP contribution in [0.1, 0.15) is 37.3 Å². The number of nitrogens with one attached hydrogen (secondary N) is 1. The van der Waals surface area contributed by atoms with Gasteiger partial charge in [-0.3, -0.25) is 4.79 Å². The van der Waals surface area contributed by atoms with E-state index in [2.05, 4.69) is 9.88 Å². The van der Waals surface area contributed by atoms with E-state index >= 15 is 0 Å². The topological polar surface area (TPSA) is 71.1 Å². The lowest BCUT2D eigenvalue weighted by molar-refractivity contribution is 0.0845. The highest BCUT2D eigenvalue weighted by Crippen LogP contribution is 2.26. The van der Waals surface area contributed by atoms with Gasteiger partial charge in [0.2, 0.25) is 0 Å². The minimum Gasteiger partial charge on any atom is -0.381 e. The average Bonchev–Trinajstić information content (AvgIpc) is 3.17. The van der Waals surface area contributed by atoms with Gasteiger partial charge in [0, 0.05) is 38.3 Å². The van der Waals surface area contributed by atoms with Crippen molar-refractivity contribution in [3.8, 4) is 11.5 Å². The summed E-state index contributed by atoms with van der Waals surface area (Å²) in [6.07, 6.45) is 4.24. The van der Waals surface area contributed by atoms with Crippen LogP contribution in [-0.2, 0) is 4.74 Å². The zero-order valence-corrected chi connectivity index (χ0v) is 13.7. The van der Waals surface area contributed by atoms with Crippen LogP contribution in [0.5, 0.6) is 0 Å². The number of anilines is 1. The molecule has 24 heavy (non-hydrogen) atoms. The first-order valence-electron chi connectivity index (χ1n) is 8.71. The summed E-state index contributed by atoms with van der Waals surface area (Å²) < 4.78 is 5.41. The van der Waals surface area contributed by atoms with Gasteiger partial charge >= 0.3 is 0 Å². The van der Waals surface area contributed by atoms with Crippen molar-refractivity contribution in [3.05, 3.63) is 40.3 Å². The van der Waals surface area contributed by atoms with Gasteiger partial charge in [0.15, 0.2) is 5.82 Å². The molecule has 1 N–H and O–H groups in total. The van der Waals surface area contributed by atoms with Crippen LogP contribution in [-0.4, -0.2) is 41.3 Å². The third-order valence-corrected chi connectivity index (χ3v) is 4.81. The molecule has 0 amide bonds. The fourth-order valence-electron chi connectivity index (χ4n) is 3.48. The molecule has 0 radical (unpaired) electrons. The number of pyridine rings is 1. The van der Waals surface area contributed by atoms with E-state index in [4.69, 9.17) is 14.7 Å². The molecule has 2 aromatic rings. The Morgan fingerprint density at radius 3 is 2.71 bits per heavy atom. The largest absolute Gasteiger partial charge is 0.381 e. The van der Waals surface area contributed by atoms with Crippen LogP contribution in [0.4, 0.5) is 5.82 Å². The maximum absolute atomic E-state index is 12.1. The van der Waals surface area contributed by atoms with Crippen molar-refractivity contribution >= 4 is 5.82 Å². The van der Waals surface area contributed by atoms with E-state index in [1.165, 1.54) is 12.8 Å². The minimum atomic E-state index is -0.116. The molecule has 0 atom stereocenters. The lowest BCUT2D eigenvalue weighted by Gasteiger charge is -2.21. The Balaban J connectivity index is 1.67. The second kappa shape index (κ2) is 6.73. The molecular formula is C18H22N4O2. The Morgan fingerprint density at radius 1 is 1.12 bits per heavy atom. The highest BCUT2D eigenvalue weighted by molar-refractivity contribution is 5.54. The van der Waals surface area contributed by atoms with Crippen molar-refractivity contribution in [1.29, 1.82) is 0 Å². The first-order valence-corrected chi connectivity index (χ1v) is 8.71. The monoisotopic (exact) mass is 326 g/mol. The fraction of sp³-hybridized carbons (Fsp3) is 0.500. The van der Waals surface area contributed by atoms with Crippen LogP contribution >= 0.6 is 0 Å². The van der Waals surface area contributed by atoms with Crippen LogP contribution in [0.2, 0.25) is 0 Å². The van der Waals surface area contributed by atoms with Crippen LogP contribution in [0.25, 0.3) is 11.5 Å². The summed E-state index contributed by atoms with van der Waals surface area (Å²) in [5.74, 6) is 1.82. The summed E-state index contributed by atoms with van der Waals surface area (Å²) >= 11 is 0. The van der Waals surface area contributed by atoms with Crippen LogP contribution in [0.15, 0.2) is 29.1 Å². The van der Waals surface area contributed by atoms with Gasteiger partial charge in [-0.05, 0) is 37.8 Å². The molecule has 6 nitrogen and oxygen atoms in total. The second-order valence-electron chi connectivity index (χ2n) is 6.48. The highest BCUT2D eigenvalue weighted by Gasteiger charge is 2.19. The maximum atomic E-state index is 12.1. The molecule has 2 fully saturated rings. The molecule has 2 aromatic heterocycles. The molecule has 4 heterocycles. The van der Waals surface area contributed by atoms with Crippen molar-refractivity contribution in [3.63, 3.8) is 0 Å². The lowest BCUT2D eigenvalue weighted by atomic mass is 9.96. The normalized spacial score (nSPS) is 18.9. The molecule has 0 bridgehead atoms. The van der Waals surface area contributed by atoms with E-state index in [9.17, 15) is 4.79 Å². The lowest BCUT2D eigenvalue weighted by Crippen LogP contribution is -2.20. The Bertz CT molecular complexity index is 762. The van der Waals surface area contributed by atoms with Gasteiger partial charge in [0.1, 0.15) is 11.5 Å². The quantitative estimate of drug-likeness (QED) is 0.937. The molecule has 6 heteroatoms. The van der Waals surface area contributed by atoms with E-state index in [1.807, 2.05) is 18.2 Å². The molecule has 0 saturated carbocycles. The van der Waals surface area contributed by atoms with E-state index < -0.39 is 0 Å². The molecule has 2 aliphatic heterocycles. The summed E-state index contributed by atoms with van der Waals surface area (Å²) in [5.41, 5.74) is 1.46. The number of H-pyrrole nitrogens is 1. The van der Waals surface area contributed by atoms with Gasteiger partial charge in [-0.25, -0.2) is 9.97 Å². The summed E-state index contributed by atoms with van der Waals surface area (Å²) in [6, 6.07) is 7.53. The SMILES string of the molecule is O=c1cc(C2CCOCC2)nc(-c2cccc(N3CCCC3)n2)[nH]1. The van der Waals surface area contributed by atoms with Gasteiger partial charge in [0.05, 0.1) is 5.69 Å². The highest BCUT2D eigenvalue weighted by atomic mass is 16.5.